The average molecular weight is 495 g/mol. The van der Waals surface area contributed by atoms with Crippen molar-refractivity contribution in [1.29, 1.82) is 0 Å². The number of benzene rings is 1. The van der Waals surface area contributed by atoms with Crippen molar-refractivity contribution in [2.24, 2.45) is 0 Å². The van der Waals surface area contributed by atoms with Crippen molar-refractivity contribution >= 4 is 28.7 Å². The average Bonchev–Trinajstić information content (AvgIpc) is 3.56. The summed E-state index contributed by atoms with van der Waals surface area (Å²) in [5.74, 6) is 0. The van der Waals surface area contributed by atoms with Crippen molar-refractivity contribution in [2.75, 3.05) is 0 Å². The Morgan fingerprint density at radius 2 is 1.65 bits per heavy atom. The monoisotopic (exact) mass is 495 g/mol. The van der Waals surface area contributed by atoms with Crippen LogP contribution < -0.4 is 0 Å². The molecular weight excluding hydrogens is 477 g/mol. The molecule has 0 saturated carbocycles. The Morgan fingerprint density at radius 1 is 1.04 bits per heavy atom. The van der Waals surface area contributed by atoms with Gasteiger partial charge in [0.15, 0.2) is 0 Å². The van der Waals surface area contributed by atoms with E-state index in [0.717, 1.165) is 10.9 Å². The second kappa shape index (κ2) is 1.32. The molecule has 12 rings (SSSR count). The Morgan fingerprint density at radius 3 is 2.12 bits per heavy atom. The zero-order valence-corrected chi connectivity index (χ0v) is 17.3. The second-order valence-corrected chi connectivity index (χ2v) is 37.6. The van der Waals surface area contributed by atoms with Crippen LogP contribution in [0.1, 0.15) is 16.8 Å². The molecule has 4 unspecified atom stereocenters. The number of nitrogens with zero attached hydrogens (tertiary/aromatic N) is 3. The van der Waals surface area contributed by atoms with Gasteiger partial charge in [0.25, 0.3) is 0 Å². The van der Waals surface area contributed by atoms with E-state index in [4.69, 9.17) is 10.3 Å². The summed E-state index contributed by atoms with van der Waals surface area (Å²) in [4.78, 5) is 12.0. The fourth-order valence-electron chi connectivity index (χ4n) is 18.4. The van der Waals surface area contributed by atoms with E-state index in [2.05, 4.69) is 58.1 Å². The zero-order valence-electron chi connectivity index (χ0n) is 14.1. The van der Waals surface area contributed by atoms with Crippen LogP contribution in [0.5, 0.6) is 0 Å². The number of rotatable bonds is 4. The molecule has 10 aliphatic heterocycles. The van der Waals surface area contributed by atoms with E-state index in [1.54, 1.807) is 0 Å². The molecular formula is C21H18FeIN3. The van der Waals surface area contributed by atoms with Crippen LogP contribution in [0.4, 0.5) is 0 Å². The third-order valence-electron chi connectivity index (χ3n) is 17.3. The van der Waals surface area contributed by atoms with E-state index < -0.39 is 6.51 Å². The molecule has 4 atom stereocenters. The summed E-state index contributed by atoms with van der Waals surface area (Å²) in [5.41, 5.74) is 4.03. The minimum absolute atomic E-state index is 0.723. The predicted molar refractivity (Wildman–Crippen MR) is 104 cm³/mol. The normalized spacial score (nSPS) is 81.8. The summed E-state index contributed by atoms with van der Waals surface area (Å²) < 4.78 is 4.31. The van der Waals surface area contributed by atoms with Gasteiger partial charge in [-0.2, -0.15) is 0 Å². The van der Waals surface area contributed by atoms with Crippen molar-refractivity contribution in [2.45, 2.75) is 54.2 Å². The van der Waals surface area contributed by atoms with Crippen molar-refractivity contribution < 1.29 is 6.51 Å². The molecule has 26 heavy (non-hydrogen) atoms. The Balaban J connectivity index is 1.09. The molecule has 0 N–H and O–H groups in total. The Labute approximate surface area is 155 Å². The summed E-state index contributed by atoms with van der Waals surface area (Å²) in [7, 11) is 0. The van der Waals surface area contributed by atoms with Gasteiger partial charge >= 0.3 is 156 Å². The first-order chi connectivity index (χ1) is 12.5. The molecule has 5 heteroatoms. The van der Waals surface area contributed by atoms with Gasteiger partial charge in [0.1, 0.15) is 0 Å². The summed E-state index contributed by atoms with van der Waals surface area (Å²) in [6.07, 6.45) is 1.91. The molecule has 10 fully saturated rings. The molecule has 11 heterocycles. The van der Waals surface area contributed by atoms with E-state index in [-0.39, 0.29) is 0 Å². The summed E-state index contributed by atoms with van der Waals surface area (Å²) in [5, 5.41) is 9.67. The van der Waals surface area contributed by atoms with Crippen molar-refractivity contribution in [1.82, 2.24) is 15.0 Å². The molecule has 10 saturated heterocycles. The maximum atomic E-state index is 4.96. The van der Waals surface area contributed by atoms with E-state index in [1.807, 2.05) is 6.08 Å². The van der Waals surface area contributed by atoms with Gasteiger partial charge in [-0.1, -0.05) is 0 Å². The zero-order chi connectivity index (χ0) is 16.6. The van der Waals surface area contributed by atoms with Gasteiger partial charge in [-0.05, 0) is 0 Å². The molecule has 132 valence electrons. The Hall–Kier alpha value is -0.651. The maximum absolute atomic E-state index is 4.96. The first-order valence-corrected chi connectivity index (χ1v) is 17.4. The molecule has 1 aromatic heterocycles. The van der Waals surface area contributed by atoms with E-state index >= 15 is 0 Å². The number of hydrogen-bond acceptors (Lipinski definition) is 2. The van der Waals surface area contributed by atoms with Crippen LogP contribution in [0.15, 0.2) is 30.8 Å². The van der Waals surface area contributed by atoms with E-state index in [9.17, 15) is 0 Å². The quantitative estimate of drug-likeness (QED) is 0.422. The molecule has 3 nitrogen and oxygen atoms in total. The van der Waals surface area contributed by atoms with Crippen LogP contribution in [-0.4, -0.2) is 15.0 Å². The van der Waals surface area contributed by atoms with Crippen LogP contribution in [0, 0.1) is 3.70 Å². The molecule has 10 aliphatic rings. The second-order valence-electron chi connectivity index (χ2n) is 13.0. The van der Waals surface area contributed by atoms with Gasteiger partial charge in [-0.25, -0.2) is 0 Å². The fraction of sp³-hybridized carbons (Fsp3) is 0.524. The van der Waals surface area contributed by atoms with Crippen LogP contribution in [0.25, 0.3) is 6.08 Å². The molecule has 0 bridgehead atoms. The third kappa shape index (κ3) is 0.191. The number of aromatic nitrogens is 3. The van der Waals surface area contributed by atoms with Crippen molar-refractivity contribution in [3.8, 4) is 0 Å². The summed E-state index contributed by atoms with van der Waals surface area (Å²) in [6.45, 7) is 1.59. The summed E-state index contributed by atoms with van der Waals surface area (Å²) in [6, 6.07) is 8.72. The van der Waals surface area contributed by atoms with Gasteiger partial charge in [-0.3, -0.25) is 0 Å². The first-order valence-electron chi connectivity index (χ1n) is 9.98. The van der Waals surface area contributed by atoms with Crippen LogP contribution in [0.2, 0.25) is 43.3 Å². The Bertz CT molecular complexity index is 1490. The molecule has 0 aliphatic carbocycles. The molecule has 0 radical (unpaired) electrons. The van der Waals surface area contributed by atoms with Crippen molar-refractivity contribution in [3.05, 3.63) is 51.4 Å². The standard InChI is InChI=1S/C16H13IN3.C5H5.Fe/c1-2-12-7-9-13(10-8-12)11-20-16(17)15(18-19-20)14-5-3-4-6-14;1-2-4-5-3-1;/h2-10H,1,11H2;1-5H;. The summed E-state index contributed by atoms with van der Waals surface area (Å²) >= 11 is 2.60. The Kier molecular flexibility index (Phi) is 0.577. The van der Waals surface area contributed by atoms with Crippen molar-refractivity contribution in [3.63, 3.8) is 0 Å². The molecule has 1 aromatic carbocycles. The van der Waals surface area contributed by atoms with Gasteiger partial charge in [0.05, 0.1) is 0 Å². The fourth-order valence-corrected chi connectivity index (χ4v) is 93.4. The first kappa shape index (κ1) is 11.4. The van der Waals surface area contributed by atoms with E-state index in [0.29, 0.717) is 0 Å². The number of halogens is 1. The van der Waals surface area contributed by atoms with Gasteiger partial charge in [0.2, 0.25) is 0 Å². The third-order valence-corrected chi connectivity index (χ3v) is 60.6. The molecule has 1 spiro atoms. The molecule has 0 amide bonds. The van der Waals surface area contributed by atoms with Crippen LogP contribution >= 0.6 is 22.6 Å². The number of fused-ring (bicyclic) bond motifs is 10. The SMILES string of the molecule is C=Cc1ccc(Cn2nnc([C]34[CH]5[CH]6[CH]7[CH]3[Fe]6754389%10[CH]4[CH]3[CH]8[CH]9[CH]4%10)c2I)cc1. The molecule has 2 aromatic rings. The van der Waals surface area contributed by atoms with Gasteiger partial charge < -0.3 is 0 Å². The topological polar surface area (TPSA) is 30.7 Å². The van der Waals surface area contributed by atoms with Gasteiger partial charge in [-0.15, -0.1) is 0 Å². The van der Waals surface area contributed by atoms with E-state index in [1.165, 1.54) is 63.9 Å². The van der Waals surface area contributed by atoms with Crippen LogP contribution in [-0.2, 0) is 17.4 Å². The van der Waals surface area contributed by atoms with Crippen LogP contribution in [0.3, 0.4) is 0 Å². The van der Waals surface area contributed by atoms with Gasteiger partial charge in [0, 0.05) is 0 Å². The minimum atomic E-state index is -3.12. The predicted octanol–water partition coefficient (Wildman–Crippen LogP) is 5.37. The number of hydrogen-bond donors (Lipinski definition) is 0.